The number of piperazine rings is 1. The predicted molar refractivity (Wildman–Crippen MR) is 69.3 cm³/mol. The van der Waals surface area contributed by atoms with Crippen LogP contribution in [0.2, 0.25) is 5.02 Å². The average molecular weight is 253 g/mol. The van der Waals surface area contributed by atoms with Crippen LogP contribution in [0.3, 0.4) is 0 Å². The molecule has 0 aromatic heterocycles. The van der Waals surface area contributed by atoms with Gasteiger partial charge in [-0.05, 0) is 36.6 Å². The van der Waals surface area contributed by atoms with E-state index in [4.69, 9.17) is 11.6 Å². The number of carbonyl (C=O) groups excluding carboxylic acids is 1. The molecule has 4 heteroatoms. The Hall–Kier alpha value is -1.06. The maximum absolute atomic E-state index is 11.4. The molecule has 0 bridgehead atoms. The molecule has 1 aromatic carbocycles. The molecular formula is C13H17ClN2O. The number of amides is 1. The summed E-state index contributed by atoms with van der Waals surface area (Å²) < 4.78 is 0. The Morgan fingerprint density at radius 2 is 2.29 bits per heavy atom. The first kappa shape index (κ1) is 12.4. The van der Waals surface area contributed by atoms with Crippen LogP contribution in [-0.4, -0.2) is 37.0 Å². The lowest BCUT2D eigenvalue weighted by Crippen LogP contribution is -2.53. The first-order valence-electron chi connectivity index (χ1n) is 5.78. The Balaban J connectivity index is 2.06. The van der Waals surface area contributed by atoms with Gasteiger partial charge in [-0.25, -0.2) is 0 Å². The Bertz CT molecular complexity index is 433. The van der Waals surface area contributed by atoms with Gasteiger partial charge in [0.05, 0.1) is 6.54 Å². The summed E-state index contributed by atoms with van der Waals surface area (Å²) in [6, 6.07) is 6.27. The van der Waals surface area contributed by atoms with Gasteiger partial charge in [-0.1, -0.05) is 17.7 Å². The molecule has 1 aromatic rings. The molecule has 1 aliphatic heterocycles. The number of benzene rings is 1. The van der Waals surface area contributed by atoms with Crippen molar-refractivity contribution in [3.8, 4) is 0 Å². The largest absolute Gasteiger partial charge is 0.343 e. The average Bonchev–Trinajstić information content (AvgIpc) is 2.29. The van der Waals surface area contributed by atoms with Crippen molar-refractivity contribution in [1.82, 2.24) is 10.2 Å². The van der Waals surface area contributed by atoms with E-state index in [9.17, 15) is 4.79 Å². The highest BCUT2D eigenvalue weighted by Gasteiger charge is 2.22. The van der Waals surface area contributed by atoms with Crippen LogP contribution < -0.4 is 5.32 Å². The Labute approximate surface area is 107 Å². The van der Waals surface area contributed by atoms with Gasteiger partial charge in [0.25, 0.3) is 0 Å². The van der Waals surface area contributed by atoms with Crippen molar-refractivity contribution in [3.63, 3.8) is 0 Å². The molecule has 1 atom stereocenters. The Morgan fingerprint density at radius 3 is 3.00 bits per heavy atom. The molecule has 0 saturated carbocycles. The second-order valence-corrected chi connectivity index (χ2v) is 5.06. The predicted octanol–water partition coefficient (Wildman–Crippen LogP) is 1.62. The molecule has 1 fully saturated rings. The highest BCUT2D eigenvalue weighted by Crippen LogP contribution is 2.17. The molecule has 1 heterocycles. The lowest BCUT2D eigenvalue weighted by molar-refractivity contribution is -0.131. The van der Waals surface area contributed by atoms with Crippen LogP contribution in [0.4, 0.5) is 0 Å². The molecule has 1 aliphatic rings. The van der Waals surface area contributed by atoms with Crippen LogP contribution in [-0.2, 0) is 11.2 Å². The normalized spacial score (nSPS) is 20.8. The van der Waals surface area contributed by atoms with E-state index in [0.29, 0.717) is 12.6 Å². The number of nitrogens with one attached hydrogen (secondary N) is 1. The van der Waals surface area contributed by atoms with E-state index in [-0.39, 0.29) is 5.91 Å². The Kier molecular flexibility index (Phi) is 3.69. The fraction of sp³-hybridized carbons (Fsp3) is 0.462. The lowest BCUT2D eigenvalue weighted by atomic mass is 10.00. The first-order chi connectivity index (χ1) is 8.06. The van der Waals surface area contributed by atoms with Gasteiger partial charge in [0, 0.05) is 24.7 Å². The third kappa shape index (κ3) is 2.99. The molecule has 17 heavy (non-hydrogen) atoms. The maximum Gasteiger partial charge on any atom is 0.236 e. The van der Waals surface area contributed by atoms with E-state index in [0.717, 1.165) is 18.0 Å². The van der Waals surface area contributed by atoms with E-state index < -0.39 is 0 Å². The second-order valence-electron chi connectivity index (χ2n) is 4.63. The molecule has 1 amide bonds. The number of hydrogen-bond acceptors (Lipinski definition) is 2. The zero-order valence-electron chi connectivity index (χ0n) is 10.2. The van der Waals surface area contributed by atoms with Gasteiger partial charge in [-0.15, -0.1) is 0 Å². The number of aryl methyl sites for hydroxylation is 1. The number of halogens is 1. The van der Waals surface area contributed by atoms with Crippen molar-refractivity contribution in [2.45, 2.75) is 19.4 Å². The van der Waals surface area contributed by atoms with Gasteiger partial charge < -0.3 is 10.2 Å². The van der Waals surface area contributed by atoms with E-state index >= 15 is 0 Å². The smallest absolute Gasteiger partial charge is 0.236 e. The zero-order chi connectivity index (χ0) is 12.4. The summed E-state index contributed by atoms with van der Waals surface area (Å²) in [5.41, 5.74) is 2.49. The third-order valence-corrected chi connectivity index (χ3v) is 3.47. The van der Waals surface area contributed by atoms with Gasteiger partial charge in [0.15, 0.2) is 0 Å². The van der Waals surface area contributed by atoms with Crippen molar-refractivity contribution in [3.05, 3.63) is 34.3 Å². The van der Waals surface area contributed by atoms with E-state index in [2.05, 4.69) is 12.2 Å². The fourth-order valence-corrected chi connectivity index (χ4v) is 2.32. The zero-order valence-corrected chi connectivity index (χ0v) is 10.9. The summed E-state index contributed by atoms with van der Waals surface area (Å²) in [4.78, 5) is 13.1. The summed E-state index contributed by atoms with van der Waals surface area (Å²) in [5, 5.41) is 4.03. The summed E-state index contributed by atoms with van der Waals surface area (Å²) >= 11 is 6.00. The van der Waals surface area contributed by atoms with Crippen LogP contribution >= 0.6 is 11.6 Å². The van der Waals surface area contributed by atoms with Crippen LogP contribution in [0.1, 0.15) is 11.1 Å². The third-order valence-electron chi connectivity index (χ3n) is 3.24. The van der Waals surface area contributed by atoms with Gasteiger partial charge in [0.2, 0.25) is 5.91 Å². The van der Waals surface area contributed by atoms with Crippen molar-refractivity contribution in [1.29, 1.82) is 0 Å². The van der Waals surface area contributed by atoms with E-state index in [1.54, 1.807) is 4.90 Å². The molecule has 2 rings (SSSR count). The van der Waals surface area contributed by atoms with Crippen LogP contribution in [0.5, 0.6) is 0 Å². The lowest BCUT2D eigenvalue weighted by Gasteiger charge is -2.31. The van der Waals surface area contributed by atoms with Gasteiger partial charge in [0.1, 0.15) is 0 Å². The van der Waals surface area contributed by atoms with Crippen LogP contribution in [0.15, 0.2) is 18.2 Å². The minimum absolute atomic E-state index is 0.157. The maximum atomic E-state index is 11.4. The summed E-state index contributed by atoms with van der Waals surface area (Å²) in [5.74, 6) is 0.157. The fourth-order valence-electron chi connectivity index (χ4n) is 2.13. The second kappa shape index (κ2) is 5.07. The van der Waals surface area contributed by atoms with Gasteiger partial charge >= 0.3 is 0 Å². The van der Waals surface area contributed by atoms with Crippen LogP contribution in [0.25, 0.3) is 0 Å². The molecule has 1 N–H and O–H groups in total. The molecule has 0 spiro atoms. The standard InChI is InChI=1S/C13H17ClN2O/c1-9-3-4-11(14)5-10(9)6-12-8-16(2)13(17)7-15-12/h3-5,12,15H,6-8H2,1-2H3. The van der Waals surface area contributed by atoms with Gasteiger partial charge in [-0.3, -0.25) is 4.79 Å². The highest BCUT2D eigenvalue weighted by molar-refractivity contribution is 6.30. The molecule has 1 saturated heterocycles. The number of likely N-dealkylation sites (N-methyl/N-ethyl adjacent to an activating group) is 1. The topological polar surface area (TPSA) is 32.3 Å². The quantitative estimate of drug-likeness (QED) is 0.868. The van der Waals surface area contributed by atoms with E-state index in [1.165, 1.54) is 11.1 Å². The van der Waals surface area contributed by atoms with Crippen molar-refractivity contribution in [2.24, 2.45) is 0 Å². The summed E-state index contributed by atoms with van der Waals surface area (Å²) in [6.07, 6.45) is 0.907. The molecule has 0 radical (unpaired) electrons. The molecule has 0 aliphatic carbocycles. The van der Waals surface area contributed by atoms with Crippen molar-refractivity contribution >= 4 is 17.5 Å². The number of rotatable bonds is 2. The molecular weight excluding hydrogens is 236 g/mol. The molecule has 3 nitrogen and oxygen atoms in total. The minimum atomic E-state index is 0.157. The number of carbonyl (C=O) groups is 1. The SMILES string of the molecule is Cc1ccc(Cl)cc1CC1CN(C)C(=O)CN1. The highest BCUT2D eigenvalue weighted by atomic mass is 35.5. The van der Waals surface area contributed by atoms with Crippen LogP contribution in [0, 0.1) is 6.92 Å². The number of hydrogen-bond donors (Lipinski definition) is 1. The number of nitrogens with zero attached hydrogens (tertiary/aromatic N) is 1. The van der Waals surface area contributed by atoms with Gasteiger partial charge in [-0.2, -0.15) is 0 Å². The monoisotopic (exact) mass is 252 g/mol. The Morgan fingerprint density at radius 1 is 1.53 bits per heavy atom. The van der Waals surface area contributed by atoms with Crippen molar-refractivity contribution in [2.75, 3.05) is 20.1 Å². The first-order valence-corrected chi connectivity index (χ1v) is 6.16. The summed E-state index contributed by atoms with van der Waals surface area (Å²) in [7, 11) is 1.85. The van der Waals surface area contributed by atoms with E-state index in [1.807, 2.05) is 25.2 Å². The van der Waals surface area contributed by atoms with Crippen molar-refractivity contribution < 1.29 is 4.79 Å². The molecule has 92 valence electrons. The summed E-state index contributed by atoms with van der Waals surface area (Å²) in [6.45, 7) is 3.27. The molecule has 1 unspecified atom stereocenters. The minimum Gasteiger partial charge on any atom is -0.343 e.